The maximum atomic E-state index is 5.83. The van der Waals surface area contributed by atoms with E-state index in [0.717, 1.165) is 29.1 Å². The Morgan fingerprint density at radius 2 is 1.92 bits per heavy atom. The van der Waals surface area contributed by atoms with E-state index in [1.165, 1.54) is 0 Å². The number of nitrogens with one attached hydrogen (secondary N) is 1. The van der Waals surface area contributed by atoms with Crippen molar-refractivity contribution in [3.8, 4) is 11.5 Å². The Kier molecular flexibility index (Phi) is 5.56. The summed E-state index contributed by atoms with van der Waals surface area (Å²) in [5.41, 5.74) is 4.80. The van der Waals surface area contributed by atoms with Crippen LogP contribution in [0.4, 0.5) is 0 Å². The van der Waals surface area contributed by atoms with Gasteiger partial charge in [0.25, 0.3) is 0 Å². The summed E-state index contributed by atoms with van der Waals surface area (Å²) in [5.74, 6) is 2.76. The van der Waals surface area contributed by atoms with Crippen molar-refractivity contribution >= 4 is 5.84 Å². The van der Waals surface area contributed by atoms with Crippen LogP contribution in [0.15, 0.2) is 53.5 Å². The lowest BCUT2D eigenvalue weighted by Gasteiger charge is -2.14. The van der Waals surface area contributed by atoms with E-state index in [-0.39, 0.29) is 0 Å². The molecular formula is C20H24N2O3. The summed E-state index contributed by atoms with van der Waals surface area (Å²) in [5, 5.41) is 0. The number of ether oxygens (including phenoxy) is 2. The van der Waals surface area contributed by atoms with Crippen molar-refractivity contribution in [3.63, 3.8) is 0 Å². The highest BCUT2D eigenvalue weighted by molar-refractivity contribution is 5.98. The Balaban J connectivity index is 1.74. The molecule has 1 aliphatic rings. The lowest BCUT2D eigenvalue weighted by atomic mass is 10.1. The molecule has 5 nitrogen and oxygen atoms in total. The molecule has 2 aromatic carbocycles. The fourth-order valence-corrected chi connectivity index (χ4v) is 2.52. The molecule has 0 saturated heterocycles. The monoisotopic (exact) mass is 340 g/mol. The zero-order valence-electron chi connectivity index (χ0n) is 14.9. The van der Waals surface area contributed by atoms with Crippen LogP contribution in [-0.2, 0) is 4.84 Å². The van der Waals surface area contributed by atoms with E-state index in [4.69, 9.17) is 14.3 Å². The molecular weight excluding hydrogens is 316 g/mol. The van der Waals surface area contributed by atoms with Gasteiger partial charge in [0.15, 0.2) is 17.3 Å². The number of nitrogens with zero attached hydrogens (tertiary/aromatic N) is 1. The molecule has 5 heteroatoms. The van der Waals surface area contributed by atoms with Gasteiger partial charge in [-0.05, 0) is 24.5 Å². The standard InChI is InChI=1S/C20H24N2O3/c1-14(2)11-12-24-17-10-9-16(13-18(17)23-3)20-21-19(22-25-20)15-7-5-4-6-8-15/h4-10,13-14,20H,11-12H2,1-3H3,(H,21,22)/t20-/m1/s1. The summed E-state index contributed by atoms with van der Waals surface area (Å²) in [6.45, 7) is 5.03. The van der Waals surface area contributed by atoms with Crippen LogP contribution >= 0.6 is 0 Å². The first-order valence-electron chi connectivity index (χ1n) is 8.53. The molecule has 132 valence electrons. The topological polar surface area (TPSA) is 52.1 Å². The summed E-state index contributed by atoms with van der Waals surface area (Å²) in [4.78, 5) is 10.2. The van der Waals surface area contributed by atoms with Crippen LogP contribution in [0.5, 0.6) is 11.5 Å². The fourth-order valence-electron chi connectivity index (χ4n) is 2.52. The van der Waals surface area contributed by atoms with Crippen LogP contribution in [0, 0.1) is 5.92 Å². The number of amidine groups is 1. The molecule has 3 rings (SSSR count). The van der Waals surface area contributed by atoms with E-state index < -0.39 is 6.23 Å². The Labute approximate surface area is 148 Å². The molecule has 1 heterocycles. The molecule has 0 unspecified atom stereocenters. The molecule has 1 atom stereocenters. The van der Waals surface area contributed by atoms with Crippen molar-refractivity contribution < 1.29 is 14.3 Å². The van der Waals surface area contributed by atoms with Crippen molar-refractivity contribution in [2.24, 2.45) is 10.9 Å². The van der Waals surface area contributed by atoms with Crippen LogP contribution in [0.3, 0.4) is 0 Å². The maximum Gasteiger partial charge on any atom is 0.202 e. The third kappa shape index (κ3) is 4.31. The number of methoxy groups -OCH3 is 1. The average Bonchev–Trinajstić information content (AvgIpc) is 3.12. The smallest absolute Gasteiger partial charge is 0.202 e. The summed E-state index contributed by atoms with van der Waals surface area (Å²) in [6, 6.07) is 15.7. The second-order valence-corrected chi connectivity index (χ2v) is 6.36. The van der Waals surface area contributed by atoms with E-state index in [1.807, 2.05) is 48.5 Å². The number of aliphatic imine (C=N–C) groups is 1. The highest BCUT2D eigenvalue weighted by Crippen LogP contribution is 2.33. The van der Waals surface area contributed by atoms with Gasteiger partial charge in [-0.15, -0.1) is 0 Å². The predicted octanol–water partition coefficient (Wildman–Crippen LogP) is 4.10. The fraction of sp³-hybridized carbons (Fsp3) is 0.350. The minimum atomic E-state index is -0.408. The molecule has 1 N–H and O–H groups in total. The van der Waals surface area contributed by atoms with Crippen LogP contribution in [0.1, 0.15) is 37.6 Å². The highest BCUT2D eigenvalue weighted by atomic mass is 16.7. The van der Waals surface area contributed by atoms with Crippen molar-refractivity contribution in [2.45, 2.75) is 26.5 Å². The Morgan fingerprint density at radius 1 is 1.12 bits per heavy atom. The average molecular weight is 340 g/mol. The van der Waals surface area contributed by atoms with E-state index >= 15 is 0 Å². The van der Waals surface area contributed by atoms with E-state index in [1.54, 1.807) is 7.11 Å². The third-order valence-electron chi connectivity index (χ3n) is 3.99. The second kappa shape index (κ2) is 8.03. The predicted molar refractivity (Wildman–Crippen MR) is 97.9 cm³/mol. The zero-order chi connectivity index (χ0) is 17.6. The van der Waals surface area contributed by atoms with Gasteiger partial charge in [0.2, 0.25) is 6.23 Å². The number of hydrogen-bond donors (Lipinski definition) is 1. The molecule has 0 aliphatic carbocycles. The number of benzene rings is 2. The molecule has 0 aromatic heterocycles. The van der Waals surface area contributed by atoms with Crippen molar-refractivity contribution in [1.29, 1.82) is 0 Å². The van der Waals surface area contributed by atoms with Crippen molar-refractivity contribution in [1.82, 2.24) is 5.48 Å². The van der Waals surface area contributed by atoms with Crippen LogP contribution in [0.25, 0.3) is 0 Å². The Hall–Kier alpha value is -2.53. The van der Waals surface area contributed by atoms with Gasteiger partial charge in [0, 0.05) is 11.1 Å². The largest absolute Gasteiger partial charge is 0.493 e. The normalized spacial score (nSPS) is 16.5. The highest BCUT2D eigenvalue weighted by Gasteiger charge is 2.22. The summed E-state index contributed by atoms with van der Waals surface area (Å²) in [7, 11) is 1.64. The number of hydroxylamine groups is 1. The first-order chi connectivity index (χ1) is 12.2. The van der Waals surface area contributed by atoms with Gasteiger partial charge < -0.3 is 9.47 Å². The van der Waals surface area contributed by atoms with E-state index in [2.05, 4.69) is 24.3 Å². The van der Waals surface area contributed by atoms with Gasteiger partial charge in [-0.25, -0.2) is 15.3 Å². The molecule has 25 heavy (non-hydrogen) atoms. The zero-order valence-corrected chi connectivity index (χ0v) is 14.9. The van der Waals surface area contributed by atoms with Gasteiger partial charge in [-0.2, -0.15) is 0 Å². The molecule has 0 spiro atoms. The lowest BCUT2D eigenvalue weighted by Crippen LogP contribution is -2.17. The third-order valence-corrected chi connectivity index (χ3v) is 3.99. The summed E-state index contributed by atoms with van der Waals surface area (Å²) < 4.78 is 11.3. The first kappa shape index (κ1) is 17.3. The minimum absolute atomic E-state index is 0.408. The maximum absolute atomic E-state index is 5.83. The Morgan fingerprint density at radius 3 is 2.64 bits per heavy atom. The van der Waals surface area contributed by atoms with Crippen LogP contribution < -0.4 is 15.0 Å². The van der Waals surface area contributed by atoms with Gasteiger partial charge in [0.1, 0.15) is 0 Å². The quantitative estimate of drug-likeness (QED) is 0.824. The van der Waals surface area contributed by atoms with E-state index in [0.29, 0.717) is 18.3 Å². The SMILES string of the molecule is COc1cc([C@@H]2N=C(c3ccccc3)NO2)ccc1OCCC(C)C. The van der Waals surface area contributed by atoms with Gasteiger partial charge in [-0.3, -0.25) is 0 Å². The molecule has 0 saturated carbocycles. The van der Waals surface area contributed by atoms with E-state index in [9.17, 15) is 0 Å². The molecule has 1 aliphatic heterocycles. The molecule has 0 radical (unpaired) electrons. The molecule has 0 amide bonds. The van der Waals surface area contributed by atoms with Crippen molar-refractivity contribution in [2.75, 3.05) is 13.7 Å². The second-order valence-electron chi connectivity index (χ2n) is 6.36. The lowest BCUT2D eigenvalue weighted by molar-refractivity contribution is 0.0375. The van der Waals surface area contributed by atoms with Gasteiger partial charge in [-0.1, -0.05) is 50.2 Å². The van der Waals surface area contributed by atoms with Crippen molar-refractivity contribution in [3.05, 3.63) is 59.7 Å². The Bertz CT molecular complexity index is 729. The first-order valence-corrected chi connectivity index (χ1v) is 8.53. The van der Waals surface area contributed by atoms with Crippen LogP contribution in [0.2, 0.25) is 0 Å². The van der Waals surface area contributed by atoms with Crippen LogP contribution in [-0.4, -0.2) is 19.6 Å². The molecule has 0 fully saturated rings. The minimum Gasteiger partial charge on any atom is -0.493 e. The summed E-state index contributed by atoms with van der Waals surface area (Å²) >= 11 is 0. The number of hydrogen-bond acceptors (Lipinski definition) is 5. The van der Waals surface area contributed by atoms with Gasteiger partial charge in [0.05, 0.1) is 13.7 Å². The van der Waals surface area contributed by atoms with Gasteiger partial charge >= 0.3 is 0 Å². The molecule has 2 aromatic rings. The molecule has 0 bridgehead atoms. The summed E-state index contributed by atoms with van der Waals surface area (Å²) in [6.07, 6.45) is 0.597. The number of rotatable bonds is 7.